The van der Waals surface area contributed by atoms with Crippen LogP contribution in [0, 0.1) is 0 Å². The van der Waals surface area contributed by atoms with Crippen molar-refractivity contribution >= 4 is 29.3 Å². The van der Waals surface area contributed by atoms with Gasteiger partial charge in [-0.15, -0.1) is 11.8 Å². The van der Waals surface area contributed by atoms with Crippen LogP contribution >= 0.6 is 23.5 Å². The van der Waals surface area contributed by atoms with Gasteiger partial charge in [0.2, 0.25) is 0 Å². The molecular weight excluding hydrogens is 240 g/mol. The van der Waals surface area contributed by atoms with Crippen LogP contribution in [0.4, 0.5) is 0 Å². The number of aromatic nitrogens is 2. The van der Waals surface area contributed by atoms with Crippen molar-refractivity contribution < 1.29 is 4.79 Å². The van der Waals surface area contributed by atoms with Crippen molar-refractivity contribution in [2.45, 2.75) is 30.9 Å². The molecule has 2 rings (SSSR count). The van der Waals surface area contributed by atoms with Gasteiger partial charge in [0.05, 0.1) is 17.0 Å². The number of hydrogen-bond donors (Lipinski definition) is 0. The van der Waals surface area contributed by atoms with E-state index in [1.54, 1.807) is 22.6 Å². The zero-order valence-corrected chi connectivity index (χ0v) is 11.2. The van der Waals surface area contributed by atoms with Gasteiger partial charge in [-0.2, -0.15) is 16.9 Å². The molecular formula is C11H16N2OS2. The Hall–Kier alpha value is -0.420. The highest BCUT2D eigenvalue weighted by Gasteiger charge is 2.30. The van der Waals surface area contributed by atoms with Gasteiger partial charge < -0.3 is 0 Å². The van der Waals surface area contributed by atoms with Crippen molar-refractivity contribution in [3.05, 3.63) is 18.0 Å². The van der Waals surface area contributed by atoms with Crippen LogP contribution in [0.2, 0.25) is 0 Å². The SMILES string of the molecule is CCn1cc(C(=O)C2SCCSC2C)cn1. The second kappa shape index (κ2) is 5.27. The first-order chi connectivity index (χ1) is 7.72. The van der Waals surface area contributed by atoms with E-state index >= 15 is 0 Å². The van der Waals surface area contributed by atoms with E-state index < -0.39 is 0 Å². The van der Waals surface area contributed by atoms with E-state index in [4.69, 9.17) is 0 Å². The highest BCUT2D eigenvalue weighted by atomic mass is 32.2. The number of rotatable bonds is 3. The van der Waals surface area contributed by atoms with E-state index in [-0.39, 0.29) is 11.0 Å². The number of Topliss-reactive ketones (excluding diaryl/α,β-unsaturated/α-hetero) is 1. The number of carbonyl (C=O) groups is 1. The largest absolute Gasteiger partial charge is 0.293 e. The molecule has 2 atom stereocenters. The van der Waals surface area contributed by atoms with E-state index in [0.717, 1.165) is 23.6 Å². The molecule has 0 aromatic carbocycles. The molecule has 16 heavy (non-hydrogen) atoms. The first-order valence-electron chi connectivity index (χ1n) is 5.52. The van der Waals surface area contributed by atoms with Crippen molar-refractivity contribution in [1.29, 1.82) is 0 Å². The maximum atomic E-state index is 12.3. The molecule has 1 aliphatic heterocycles. The van der Waals surface area contributed by atoms with Crippen LogP contribution in [0.5, 0.6) is 0 Å². The second-order valence-corrected chi connectivity index (χ2v) is 6.55. The topological polar surface area (TPSA) is 34.9 Å². The molecule has 5 heteroatoms. The van der Waals surface area contributed by atoms with Gasteiger partial charge in [-0.25, -0.2) is 0 Å². The van der Waals surface area contributed by atoms with Crippen LogP contribution in [0.1, 0.15) is 24.2 Å². The van der Waals surface area contributed by atoms with Crippen LogP contribution in [0.15, 0.2) is 12.4 Å². The highest BCUT2D eigenvalue weighted by molar-refractivity contribution is 8.07. The Labute approximate surface area is 104 Å². The average Bonchev–Trinajstić information content (AvgIpc) is 2.77. The van der Waals surface area contributed by atoms with Gasteiger partial charge in [0, 0.05) is 29.5 Å². The number of nitrogens with zero attached hydrogens (tertiary/aromatic N) is 2. The van der Waals surface area contributed by atoms with E-state index in [1.807, 2.05) is 24.9 Å². The van der Waals surface area contributed by atoms with Crippen molar-refractivity contribution in [1.82, 2.24) is 9.78 Å². The van der Waals surface area contributed by atoms with Gasteiger partial charge in [-0.1, -0.05) is 6.92 Å². The van der Waals surface area contributed by atoms with Gasteiger partial charge >= 0.3 is 0 Å². The number of thioether (sulfide) groups is 2. The summed E-state index contributed by atoms with van der Waals surface area (Å²) in [5, 5.41) is 4.67. The van der Waals surface area contributed by atoms with E-state index in [1.165, 1.54) is 0 Å². The van der Waals surface area contributed by atoms with E-state index in [2.05, 4.69) is 12.0 Å². The first kappa shape index (κ1) is 12.0. The molecule has 2 unspecified atom stereocenters. The third-order valence-electron chi connectivity index (χ3n) is 2.69. The second-order valence-electron chi connectivity index (χ2n) is 3.82. The molecule has 0 bridgehead atoms. The first-order valence-corrected chi connectivity index (χ1v) is 7.62. The van der Waals surface area contributed by atoms with Gasteiger partial charge in [-0.3, -0.25) is 9.48 Å². The predicted octanol–water partition coefficient (Wildman–Crippen LogP) is 2.32. The predicted molar refractivity (Wildman–Crippen MR) is 70.4 cm³/mol. The summed E-state index contributed by atoms with van der Waals surface area (Å²) in [6.45, 7) is 4.98. The molecule has 1 aliphatic rings. The molecule has 0 saturated carbocycles. The third kappa shape index (κ3) is 2.46. The molecule has 2 heterocycles. The lowest BCUT2D eigenvalue weighted by molar-refractivity contribution is 0.0989. The normalized spacial score (nSPS) is 25.6. The fourth-order valence-corrected chi connectivity index (χ4v) is 4.47. The van der Waals surface area contributed by atoms with Crippen LogP contribution in [0.3, 0.4) is 0 Å². The Balaban J connectivity index is 2.11. The monoisotopic (exact) mass is 256 g/mol. The van der Waals surface area contributed by atoms with Crippen LogP contribution in [-0.4, -0.2) is 37.6 Å². The zero-order chi connectivity index (χ0) is 11.5. The molecule has 88 valence electrons. The average molecular weight is 256 g/mol. The summed E-state index contributed by atoms with van der Waals surface area (Å²) in [6, 6.07) is 0. The molecule has 1 saturated heterocycles. The zero-order valence-electron chi connectivity index (χ0n) is 9.55. The molecule has 0 aliphatic carbocycles. The summed E-state index contributed by atoms with van der Waals surface area (Å²) in [5.41, 5.74) is 0.758. The molecule has 1 aromatic rings. The number of aryl methyl sites for hydroxylation is 1. The Kier molecular flexibility index (Phi) is 3.97. The Morgan fingerprint density at radius 3 is 2.94 bits per heavy atom. The number of hydrogen-bond acceptors (Lipinski definition) is 4. The summed E-state index contributed by atoms with van der Waals surface area (Å²) in [4.78, 5) is 12.3. The maximum Gasteiger partial charge on any atom is 0.180 e. The molecule has 0 N–H and O–H groups in total. The summed E-state index contributed by atoms with van der Waals surface area (Å²) >= 11 is 3.68. The van der Waals surface area contributed by atoms with Crippen LogP contribution < -0.4 is 0 Å². The number of ketones is 1. The lowest BCUT2D eigenvalue weighted by Gasteiger charge is -2.26. The quantitative estimate of drug-likeness (QED) is 0.777. The van der Waals surface area contributed by atoms with Crippen molar-refractivity contribution in [3.8, 4) is 0 Å². The van der Waals surface area contributed by atoms with Crippen molar-refractivity contribution in [2.24, 2.45) is 0 Å². The van der Waals surface area contributed by atoms with Gasteiger partial charge in [0.15, 0.2) is 5.78 Å². The molecule has 0 spiro atoms. The highest BCUT2D eigenvalue weighted by Crippen LogP contribution is 2.32. The lowest BCUT2D eigenvalue weighted by Crippen LogP contribution is -2.30. The molecule has 3 nitrogen and oxygen atoms in total. The van der Waals surface area contributed by atoms with Gasteiger partial charge in [0.25, 0.3) is 0 Å². The van der Waals surface area contributed by atoms with Crippen molar-refractivity contribution in [3.63, 3.8) is 0 Å². The smallest absolute Gasteiger partial charge is 0.180 e. The Bertz CT molecular complexity index is 378. The van der Waals surface area contributed by atoms with E-state index in [9.17, 15) is 4.79 Å². The third-order valence-corrected chi connectivity index (χ3v) is 5.78. The summed E-state index contributed by atoms with van der Waals surface area (Å²) in [7, 11) is 0. The van der Waals surface area contributed by atoms with Crippen molar-refractivity contribution in [2.75, 3.05) is 11.5 Å². The summed E-state index contributed by atoms with van der Waals surface area (Å²) in [6.07, 6.45) is 3.55. The molecule has 0 radical (unpaired) electrons. The minimum absolute atomic E-state index is 0.105. The minimum Gasteiger partial charge on any atom is -0.293 e. The maximum absolute atomic E-state index is 12.3. The summed E-state index contributed by atoms with van der Waals surface area (Å²) in [5.74, 6) is 2.47. The lowest BCUT2D eigenvalue weighted by atomic mass is 10.1. The summed E-state index contributed by atoms with van der Waals surface area (Å²) < 4.78 is 1.80. The fraction of sp³-hybridized carbons (Fsp3) is 0.636. The van der Waals surface area contributed by atoms with Crippen LogP contribution in [-0.2, 0) is 6.54 Å². The minimum atomic E-state index is 0.105. The molecule has 1 fully saturated rings. The fourth-order valence-electron chi connectivity index (χ4n) is 1.75. The van der Waals surface area contributed by atoms with Crippen LogP contribution in [0.25, 0.3) is 0 Å². The Morgan fingerprint density at radius 2 is 2.31 bits per heavy atom. The standard InChI is InChI=1S/C11H16N2OS2/c1-3-13-7-9(6-12-13)10(14)11-8(2)15-4-5-16-11/h6-8,11H,3-5H2,1-2H3. The van der Waals surface area contributed by atoms with Gasteiger partial charge in [-0.05, 0) is 6.92 Å². The molecule has 0 amide bonds. The Morgan fingerprint density at radius 1 is 1.56 bits per heavy atom. The van der Waals surface area contributed by atoms with E-state index in [0.29, 0.717) is 5.25 Å². The number of carbonyl (C=O) groups excluding carboxylic acids is 1. The van der Waals surface area contributed by atoms with Gasteiger partial charge in [0.1, 0.15) is 0 Å². The molecule has 1 aromatic heterocycles.